The summed E-state index contributed by atoms with van der Waals surface area (Å²) in [4.78, 5) is 4.31. The number of hydrogen-bond acceptors (Lipinski definition) is 3. The van der Waals surface area contributed by atoms with Crippen LogP contribution < -0.4 is 10.6 Å². The van der Waals surface area contributed by atoms with E-state index in [1.54, 1.807) is 0 Å². The van der Waals surface area contributed by atoms with Crippen molar-refractivity contribution in [2.75, 3.05) is 17.2 Å². The van der Waals surface area contributed by atoms with Gasteiger partial charge >= 0.3 is 0 Å². The fraction of sp³-hybridized carbons (Fsp3) is 0.667. The second-order valence-electron chi connectivity index (χ2n) is 6.15. The van der Waals surface area contributed by atoms with Crippen molar-refractivity contribution < 1.29 is 0 Å². The first-order valence-corrected chi connectivity index (χ1v) is 7.32. The minimum atomic E-state index is 0.745. The smallest absolute Gasteiger partial charge is 0.0549 e. The van der Waals surface area contributed by atoms with Crippen molar-refractivity contribution in [3.8, 4) is 0 Å². The molecule has 1 aromatic rings. The van der Waals surface area contributed by atoms with Crippen LogP contribution in [0.2, 0.25) is 0 Å². The van der Waals surface area contributed by atoms with Gasteiger partial charge in [0.2, 0.25) is 0 Å². The van der Waals surface area contributed by atoms with Gasteiger partial charge in [0.25, 0.3) is 0 Å². The van der Waals surface area contributed by atoms with Crippen LogP contribution in [-0.2, 0) is 0 Å². The molecule has 0 amide bonds. The van der Waals surface area contributed by atoms with Crippen molar-refractivity contribution in [2.24, 2.45) is 23.7 Å². The van der Waals surface area contributed by atoms with Gasteiger partial charge in [0, 0.05) is 12.6 Å². The van der Waals surface area contributed by atoms with E-state index >= 15 is 0 Å². The van der Waals surface area contributed by atoms with Crippen molar-refractivity contribution in [3.63, 3.8) is 0 Å². The van der Waals surface area contributed by atoms with Gasteiger partial charge in [0.05, 0.1) is 23.8 Å². The molecule has 2 N–H and O–H groups in total. The highest BCUT2D eigenvalue weighted by Gasteiger charge is 2.64. The van der Waals surface area contributed by atoms with Gasteiger partial charge in [-0.1, -0.05) is 0 Å². The molecule has 3 aliphatic rings. The zero-order chi connectivity index (χ0) is 12.1. The Labute approximate surface area is 108 Å². The van der Waals surface area contributed by atoms with Gasteiger partial charge in [-0.25, -0.2) is 0 Å². The summed E-state index contributed by atoms with van der Waals surface area (Å²) in [5, 5.41) is 7.03. The van der Waals surface area contributed by atoms with Crippen molar-refractivity contribution in [1.82, 2.24) is 4.98 Å². The average Bonchev–Trinajstić information content (AvgIpc) is 2.79. The van der Waals surface area contributed by atoms with E-state index < -0.39 is 0 Å². The van der Waals surface area contributed by atoms with E-state index in [1.807, 2.05) is 12.4 Å². The van der Waals surface area contributed by atoms with Gasteiger partial charge in [-0.15, -0.1) is 0 Å². The Balaban J connectivity index is 1.45. The van der Waals surface area contributed by atoms with Crippen molar-refractivity contribution in [2.45, 2.75) is 32.2 Å². The molecule has 3 heteroatoms. The maximum atomic E-state index is 4.31. The SMILES string of the molecule is CCNc1cncc(NC2C3C4CCC(C4)C23)c1. The number of nitrogens with zero attached hydrogens (tertiary/aromatic N) is 1. The highest BCUT2D eigenvalue weighted by atomic mass is 15.0. The summed E-state index contributed by atoms with van der Waals surface area (Å²) in [6.07, 6.45) is 8.34. The lowest BCUT2D eigenvalue weighted by atomic mass is 10.0. The minimum absolute atomic E-state index is 0.745. The standard InChI is InChI=1S/C15H21N3/c1-2-17-11-6-12(8-16-7-11)18-15-13-9-3-4-10(5-9)14(13)15/h6-10,13-15,17-18H,2-5H2,1H3. The molecule has 1 aromatic heterocycles. The largest absolute Gasteiger partial charge is 0.384 e. The number of anilines is 2. The zero-order valence-corrected chi connectivity index (χ0v) is 10.9. The third-order valence-electron chi connectivity index (χ3n) is 5.19. The first kappa shape index (κ1) is 10.7. The maximum absolute atomic E-state index is 4.31. The molecule has 4 unspecified atom stereocenters. The zero-order valence-electron chi connectivity index (χ0n) is 10.9. The van der Waals surface area contributed by atoms with Crippen LogP contribution in [0.4, 0.5) is 11.4 Å². The third kappa shape index (κ3) is 1.53. The molecule has 18 heavy (non-hydrogen) atoms. The van der Waals surface area contributed by atoms with E-state index in [9.17, 15) is 0 Å². The molecular formula is C15H21N3. The molecule has 0 aromatic carbocycles. The molecule has 0 saturated heterocycles. The fourth-order valence-corrected chi connectivity index (χ4v) is 4.53. The van der Waals surface area contributed by atoms with Crippen LogP contribution in [0.3, 0.4) is 0 Å². The van der Waals surface area contributed by atoms with Crippen LogP contribution >= 0.6 is 0 Å². The fourth-order valence-electron chi connectivity index (χ4n) is 4.53. The summed E-state index contributed by atoms with van der Waals surface area (Å²) in [5.74, 6) is 4.02. The van der Waals surface area contributed by atoms with Gasteiger partial charge in [-0.3, -0.25) is 4.98 Å². The summed E-state index contributed by atoms with van der Waals surface area (Å²) in [6, 6.07) is 2.93. The van der Waals surface area contributed by atoms with Gasteiger partial charge in [0.15, 0.2) is 0 Å². The Morgan fingerprint density at radius 2 is 1.89 bits per heavy atom. The average molecular weight is 243 g/mol. The lowest BCUT2D eigenvalue weighted by molar-refractivity contribution is 0.456. The number of hydrogen-bond donors (Lipinski definition) is 2. The predicted octanol–water partition coefficient (Wildman–Crippen LogP) is 2.97. The molecule has 2 bridgehead atoms. The summed E-state index contributed by atoms with van der Waals surface area (Å²) < 4.78 is 0. The minimum Gasteiger partial charge on any atom is -0.384 e. The Hall–Kier alpha value is -1.25. The quantitative estimate of drug-likeness (QED) is 0.853. The van der Waals surface area contributed by atoms with E-state index in [2.05, 4.69) is 28.6 Å². The normalized spacial score (nSPS) is 39.5. The molecule has 0 radical (unpaired) electrons. The van der Waals surface area contributed by atoms with E-state index in [-0.39, 0.29) is 0 Å². The highest BCUT2D eigenvalue weighted by molar-refractivity contribution is 5.55. The van der Waals surface area contributed by atoms with Crippen molar-refractivity contribution in [1.29, 1.82) is 0 Å². The first-order valence-electron chi connectivity index (χ1n) is 7.32. The van der Waals surface area contributed by atoms with E-state index in [4.69, 9.17) is 0 Å². The Morgan fingerprint density at radius 3 is 2.61 bits per heavy atom. The van der Waals surface area contributed by atoms with Crippen LogP contribution in [0.1, 0.15) is 26.2 Å². The lowest BCUT2D eigenvalue weighted by Crippen LogP contribution is -2.13. The molecule has 0 spiro atoms. The summed E-state index contributed by atoms with van der Waals surface area (Å²) in [7, 11) is 0. The van der Waals surface area contributed by atoms with E-state index in [0.717, 1.165) is 41.9 Å². The van der Waals surface area contributed by atoms with E-state index in [1.165, 1.54) is 24.9 Å². The van der Waals surface area contributed by atoms with Crippen LogP contribution in [0.5, 0.6) is 0 Å². The second-order valence-corrected chi connectivity index (χ2v) is 6.15. The predicted molar refractivity (Wildman–Crippen MR) is 73.6 cm³/mol. The Morgan fingerprint density at radius 1 is 1.17 bits per heavy atom. The lowest BCUT2D eigenvalue weighted by Gasteiger charge is -2.12. The second kappa shape index (κ2) is 3.87. The Bertz CT molecular complexity index is 443. The molecule has 3 saturated carbocycles. The number of aromatic nitrogens is 1. The molecule has 3 fully saturated rings. The molecule has 96 valence electrons. The maximum Gasteiger partial charge on any atom is 0.0549 e. The number of fused-ring (bicyclic) bond motifs is 5. The topological polar surface area (TPSA) is 37.0 Å². The number of pyridine rings is 1. The first-order chi connectivity index (χ1) is 8.86. The van der Waals surface area contributed by atoms with Gasteiger partial charge < -0.3 is 10.6 Å². The van der Waals surface area contributed by atoms with Gasteiger partial charge in [0.1, 0.15) is 0 Å². The van der Waals surface area contributed by atoms with Crippen LogP contribution in [-0.4, -0.2) is 17.6 Å². The monoisotopic (exact) mass is 243 g/mol. The molecule has 4 atom stereocenters. The Kier molecular flexibility index (Phi) is 2.29. The van der Waals surface area contributed by atoms with Crippen molar-refractivity contribution in [3.05, 3.63) is 18.5 Å². The molecule has 3 nitrogen and oxygen atoms in total. The highest BCUT2D eigenvalue weighted by Crippen LogP contribution is 2.66. The van der Waals surface area contributed by atoms with E-state index in [0.29, 0.717) is 0 Å². The van der Waals surface area contributed by atoms with Crippen LogP contribution in [0.25, 0.3) is 0 Å². The molecular weight excluding hydrogens is 222 g/mol. The summed E-state index contributed by atoms with van der Waals surface area (Å²) in [5.41, 5.74) is 2.31. The number of nitrogens with one attached hydrogen (secondary N) is 2. The van der Waals surface area contributed by atoms with Crippen molar-refractivity contribution >= 4 is 11.4 Å². The van der Waals surface area contributed by atoms with Crippen LogP contribution in [0.15, 0.2) is 18.5 Å². The summed E-state index contributed by atoms with van der Waals surface area (Å²) in [6.45, 7) is 3.06. The molecule has 1 heterocycles. The van der Waals surface area contributed by atoms with Gasteiger partial charge in [-0.05, 0) is 55.9 Å². The molecule has 4 rings (SSSR count). The molecule has 3 aliphatic carbocycles. The van der Waals surface area contributed by atoms with Crippen LogP contribution in [0, 0.1) is 23.7 Å². The van der Waals surface area contributed by atoms with Gasteiger partial charge in [-0.2, -0.15) is 0 Å². The molecule has 0 aliphatic heterocycles. The number of rotatable bonds is 4. The third-order valence-corrected chi connectivity index (χ3v) is 5.19. The summed E-state index contributed by atoms with van der Waals surface area (Å²) >= 11 is 0.